The summed E-state index contributed by atoms with van der Waals surface area (Å²) < 4.78 is 5.96. The van der Waals surface area contributed by atoms with Crippen molar-refractivity contribution in [3.63, 3.8) is 0 Å². The van der Waals surface area contributed by atoms with Gasteiger partial charge in [0.15, 0.2) is 0 Å². The molecule has 0 aliphatic carbocycles. The van der Waals surface area contributed by atoms with Gasteiger partial charge in [-0.2, -0.15) is 0 Å². The highest BCUT2D eigenvalue weighted by molar-refractivity contribution is 6.07. The number of amides is 1. The molecule has 3 rings (SSSR count). The van der Waals surface area contributed by atoms with Crippen molar-refractivity contribution >= 4 is 22.4 Å². The first kappa shape index (κ1) is 26.6. The Balaban J connectivity index is 1.52. The summed E-state index contributed by atoms with van der Waals surface area (Å²) in [5.41, 5.74) is 2.12. The molecule has 0 bridgehead atoms. The Morgan fingerprint density at radius 3 is 2.23 bits per heavy atom. The predicted octanol–water partition coefficient (Wildman–Crippen LogP) is 8.66. The first-order valence-corrected chi connectivity index (χ1v) is 13.4. The number of hydrogen-bond donors (Lipinski definition) is 2. The number of hydrogen-bond acceptors (Lipinski definition) is 3. The quantitative estimate of drug-likeness (QED) is 0.171. The van der Waals surface area contributed by atoms with Gasteiger partial charge in [0, 0.05) is 5.56 Å². The molecule has 0 heterocycles. The van der Waals surface area contributed by atoms with Gasteiger partial charge < -0.3 is 15.2 Å². The van der Waals surface area contributed by atoms with Gasteiger partial charge in [0.2, 0.25) is 0 Å². The number of anilines is 1. The smallest absolute Gasteiger partial charge is 0.255 e. The van der Waals surface area contributed by atoms with Crippen molar-refractivity contribution in [2.45, 2.75) is 84.5 Å². The maximum Gasteiger partial charge on any atom is 0.255 e. The fraction of sp³-hybridized carbons (Fsp3) is 0.452. The summed E-state index contributed by atoms with van der Waals surface area (Å²) in [5, 5.41) is 15.1. The Labute approximate surface area is 210 Å². The Morgan fingerprint density at radius 2 is 1.46 bits per heavy atom. The third-order valence-electron chi connectivity index (χ3n) is 6.47. The minimum atomic E-state index is -0.232. The second-order valence-corrected chi connectivity index (χ2v) is 9.46. The van der Waals surface area contributed by atoms with Crippen LogP contribution in [0.5, 0.6) is 11.5 Å². The fourth-order valence-corrected chi connectivity index (χ4v) is 4.30. The molecule has 0 saturated carbocycles. The van der Waals surface area contributed by atoms with Crippen LogP contribution in [0.4, 0.5) is 5.69 Å². The summed E-state index contributed by atoms with van der Waals surface area (Å²) in [5.74, 6) is 0.717. The van der Waals surface area contributed by atoms with E-state index in [0.29, 0.717) is 11.3 Å². The van der Waals surface area contributed by atoms with Crippen LogP contribution < -0.4 is 10.1 Å². The van der Waals surface area contributed by atoms with Crippen molar-refractivity contribution in [2.24, 2.45) is 0 Å². The van der Waals surface area contributed by atoms with Gasteiger partial charge in [0.25, 0.3) is 5.91 Å². The third-order valence-corrected chi connectivity index (χ3v) is 6.47. The van der Waals surface area contributed by atoms with Crippen LogP contribution in [0.3, 0.4) is 0 Å². The number of ether oxygens (including phenoxy) is 1. The van der Waals surface area contributed by atoms with Crippen LogP contribution >= 0.6 is 0 Å². The first-order chi connectivity index (χ1) is 17.1. The van der Waals surface area contributed by atoms with Gasteiger partial charge in [-0.25, -0.2) is 0 Å². The molecule has 1 amide bonds. The van der Waals surface area contributed by atoms with Gasteiger partial charge in [-0.1, -0.05) is 83.4 Å². The molecule has 35 heavy (non-hydrogen) atoms. The van der Waals surface area contributed by atoms with Gasteiger partial charge in [-0.05, 0) is 72.0 Å². The van der Waals surface area contributed by atoms with E-state index in [9.17, 15) is 9.90 Å². The minimum Gasteiger partial charge on any atom is -0.506 e. The average Bonchev–Trinajstić information content (AvgIpc) is 2.87. The van der Waals surface area contributed by atoms with E-state index in [2.05, 4.69) is 19.2 Å². The molecular formula is C31H41NO3. The molecule has 4 nitrogen and oxygen atoms in total. The number of carbonyl (C=O) groups is 1. The molecule has 0 spiro atoms. The first-order valence-electron chi connectivity index (χ1n) is 13.4. The zero-order chi connectivity index (χ0) is 24.9. The van der Waals surface area contributed by atoms with Crippen molar-refractivity contribution in [3.8, 4) is 11.5 Å². The van der Waals surface area contributed by atoms with Gasteiger partial charge in [-0.3, -0.25) is 4.79 Å². The number of carbonyl (C=O) groups excluding carboxylic acids is 1. The Kier molecular flexibility index (Phi) is 10.9. The molecule has 0 aromatic heterocycles. The van der Waals surface area contributed by atoms with E-state index in [1.165, 1.54) is 44.9 Å². The largest absolute Gasteiger partial charge is 0.506 e. The van der Waals surface area contributed by atoms with E-state index in [-0.39, 0.29) is 11.7 Å². The summed E-state index contributed by atoms with van der Waals surface area (Å²) in [7, 11) is 0. The Bertz CT molecular complexity index is 1080. The van der Waals surface area contributed by atoms with E-state index < -0.39 is 0 Å². The number of aromatic hydroxyl groups is 1. The van der Waals surface area contributed by atoms with E-state index in [1.807, 2.05) is 48.5 Å². The lowest BCUT2D eigenvalue weighted by Gasteiger charge is -2.11. The molecule has 3 aromatic carbocycles. The zero-order valence-corrected chi connectivity index (χ0v) is 21.4. The summed E-state index contributed by atoms with van der Waals surface area (Å²) in [6.07, 6.45) is 13.4. The number of phenolic OH excluding ortho intramolecular Hbond substituents is 1. The Hall–Kier alpha value is -3.01. The topological polar surface area (TPSA) is 58.6 Å². The highest BCUT2D eigenvalue weighted by atomic mass is 16.5. The van der Waals surface area contributed by atoms with Crippen molar-refractivity contribution in [3.05, 3.63) is 65.7 Å². The predicted molar refractivity (Wildman–Crippen MR) is 147 cm³/mol. The number of aryl methyl sites for hydroxylation is 1. The van der Waals surface area contributed by atoms with E-state index in [4.69, 9.17) is 4.74 Å². The average molecular weight is 476 g/mol. The molecule has 2 N–H and O–H groups in total. The monoisotopic (exact) mass is 475 g/mol. The second-order valence-electron chi connectivity index (χ2n) is 9.46. The number of unbranched alkanes of at least 4 members (excludes halogenated alkanes) is 8. The number of nitrogens with one attached hydrogen (secondary N) is 1. The normalized spacial score (nSPS) is 11.0. The summed E-state index contributed by atoms with van der Waals surface area (Å²) in [6.45, 7) is 5.14. The van der Waals surface area contributed by atoms with E-state index >= 15 is 0 Å². The Morgan fingerprint density at radius 1 is 0.771 bits per heavy atom. The zero-order valence-electron chi connectivity index (χ0n) is 21.4. The molecular weight excluding hydrogens is 434 g/mol. The number of benzene rings is 3. The molecule has 188 valence electrons. The van der Waals surface area contributed by atoms with Gasteiger partial charge in [-0.15, -0.1) is 0 Å². The number of phenols is 1. The summed E-state index contributed by atoms with van der Waals surface area (Å²) >= 11 is 0. The molecule has 0 fully saturated rings. The van der Waals surface area contributed by atoms with Crippen LogP contribution in [0.15, 0.2) is 54.6 Å². The maximum absolute atomic E-state index is 12.9. The summed E-state index contributed by atoms with van der Waals surface area (Å²) in [4.78, 5) is 12.9. The van der Waals surface area contributed by atoms with Crippen LogP contribution in [0.25, 0.3) is 10.8 Å². The van der Waals surface area contributed by atoms with Gasteiger partial charge in [0.1, 0.15) is 11.5 Å². The number of rotatable bonds is 15. The molecule has 0 unspecified atom stereocenters. The van der Waals surface area contributed by atoms with Gasteiger partial charge in [0.05, 0.1) is 12.3 Å². The molecule has 0 atom stereocenters. The van der Waals surface area contributed by atoms with Gasteiger partial charge >= 0.3 is 0 Å². The molecule has 0 aliphatic heterocycles. The molecule has 3 aromatic rings. The lowest BCUT2D eigenvalue weighted by atomic mass is 10.1. The van der Waals surface area contributed by atoms with Crippen LogP contribution in [0, 0.1) is 0 Å². The maximum atomic E-state index is 12.9. The lowest BCUT2D eigenvalue weighted by Crippen LogP contribution is -2.12. The van der Waals surface area contributed by atoms with Crippen LogP contribution in [0.2, 0.25) is 0 Å². The molecule has 0 radical (unpaired) electrons. The van der Waals surface area contributed by atoms with Crippen LogP contribution in [-0.4, -0.2) is 17.6 Å². The van der Waals surface area contributed by atoms with Crippen molar-refractivity contribution < 1.29 is 14.6 Å². The van der Waals surface area contributed by atoms with E-state index in [0.717, 1.165) is 54.4 Å². The highest BCUT2D eigenvalue weighted by Gasteiger charge is 2.11. The van der Waals surface area contributed by atoms with Crippen LogP contribution in [-0.2, 0) is 6.42 Å². The van der Waals surface area contributed by atoms with E-state index in [1.54, 1.807) is 6.07 Å². The standard InChI is InChI=1S/C31H41NO3/c1-3-5-7-8-9-10-11-12-20-35-28-18-17-25-22-27(16-15-26(25)23-28)31(34)32-29-21-24(13-6-4-2)14-19-30(29)33/h14-19,21-23,33H,3-13,20H2,1-2H3,(H,32,34). The lowest BCUT2D eigenvalue weighted by molar-refractivity contribution is 0.102. The van der Waals surface area contributed by atoms with Crippen molar-refractivity contribution in [1.29, 1.82) is 0 Å². The SMILES string of the molecule is CCCCCCCCCCOc1ccc2cc(C(=O)Nc3cc(CCCC)ccc3O)ccc2c1. The fourth-order valence-electron chi connectivity index (χ4n) is 4.30. The van der Waals surface area contributed by atoms with Crippen molar-refractivity contribution in [1.82, 2.24) is 0 Å². The summed E-state index contributed by atoms with van der Waals surface area (Å²) in [6, 6.07) is 17.1. The number of fused-ring (bicyclic) bond motifs is 1. The minimum absolute atomic E-state index is 0.0812. The molecule has 4 heteroatoms. The molecule has 0 aliphatic rings. The third kappa shape index (κ3) is 8.61. The second kappa shape index (κ2) is 14.4. The van der Waals surface area contributed by atoms with Crippen LogP contribution in [0.1, 0.15) is 94.0 Å². The highest BCUT2D eigenvalue weighted by Crippen LogP contribution is 2.27. The molecule has 0 saturated heterocycles. The van der Waals surface area contributed by atoms with Crippen molar-refractivity contribution in [2.75, 3.05) is 11.9 Å².